The molecule has 1 aromatic carbocycles. The third-order valence-electron chi connectivity index (χ3n) is 3.72. The lowest BCUT2D eigenvalue weighted by molar-refractivity contribution is -0.116. The van der Waals surface area contributed by atoms with E-state index in [4.69, 9.17) is 4.74 Å². The number of nitrogens with one attached hydrogen (secondary N) is 1. The van der Waals surface area contributed by atoms with E-state index in [-0.39, 0.29) is 5.91 Å². The molecule has 0 fully saturated rings. The first-order valence-electron chi connectivity index (χ1n) is 7.52. The predicted octanol–water partition coefficient (Wildman–Crippen LogP) is 2.38. The summed E-state index contributed by atoms with van der Waals surface area (Å²) >= 11 is 0. The predicted molar refractivity (Wildman–Crippen MR) is 89.2 cm³/mol. The average molecular weight is 333 g/mol. The molecule has 0 spiro atoms. The molecular weight excluding hydrogens is 314 g/mol. The van der Waals surface area contributed by atoms with Crippen LogP contribution < -0.4 is 10.1 Å². The molecule has 0 bridgehead atoms. The van der Waals surface area contributed by atoms with Crippen molar-refractivity contribution in [2.45, 2.75) is 31.3 Å². The van der Waals surface area contributed by atoms with Crippen LogP contribution in [-0.2, 0) is 27.1 Å². The Morgan fingerprint density at radius 3 is 2.74 bits per heavy atom. The van der Waals surface area contributed by atoms with E-state index in [9.17, 15) is 9.00 Å². The van der Waals surface area contributed by atoms with Gasteiger partial charge in [0.1, 0.15) is 11.6 Å². The normalized spacial score (nSPS) is 16.2. The van der Waals surface area contributed by atoms with Crippen LogP contribution in [0.2, 0.25) is 0 Å². The van der Waals surface area contributed by atoms with Gasteiger partial charge in [0.25, 0.3) is 0 Å². The zero-order valence-electron chi connectivity index (χ0n) is 13.2. The van der Waals surface area contributed by atoms with Crippen molar-refractivity contribution in [2.75, 3.05) is 12.4 Å². The molecule has 1 N–H and O–H groups in total. The Bertz CT molecular complexity index is 753. The number of ether oxygens (including phenoxy) is 1. The van der Waals surface area contributed by atoms with Gasteiger partial charge in [-0.3, -0.25) is 9.00 Å². The van der Waals surface area contributed by atoms with E-state index in [0.717, 1.165) is 29.1 Å². The van der Waals surface area contributed by atoms with Crippen molar-refractivity contribution in [2.24, 2.45) is 0 Å². The van der Waals surface area contributed by atoms with Gasteiger partial charge in [0.15, 0.2) is 0 Å². The van der Waals surface area contributed by atoms with Gasteiger partial charge in [-0.15, -0.1) is 0 Å². The van der Waals surface area contributed by atoms with Crippen molar-refractivity contribution in [1.29, 1.82) is 0 Å². The van der Waals surface area contributed by atoms with Gasteiger partial charge < -0.3 is 10.1 Å². The lowest BCUT2D eigenvalue weighted by Gasteiger charge is -2.11. The molecule has 6 nitrogen and oxygen atoms in total. The highest BCUT2D eigenvalue weighted by atomic mass is 32.2. The second-order valence-electron chi connectivity index (χ2n) is 5.41. The molecule has 0 unspecified atom stereocenters. The highest BCUT2D eigenvalue weighted by Gasteiger charge is 2.28. The molecule has 122 valence electrons. The van der Waals surface area contributed by atoms with Crippen LogP contribution in [0.3, 0.4) is 0 Å². The van der Waals surface area contributed by atoms with E-state index in [1.807, 2.05) is 31.2 Å². The van der Waals surface area contributed by atoms with Crippen molar-refractivity contribution in [1.82, 2.24) is 9.78 Å². The molecule has 1 aromatic heterocycles. The van der Waals surface area contributed by atoms with E-state index in [2.05, 4.69) is 10.4 Å². The quantitative estimate of drug-likeness (QED) is 0.912. The van der Waals surface area contributed by atoms with Gasteiger partial charge in [-0.1, -0.05) is 6.92 Å². The Kier molecular flexibility index (Phi) is 4.47. The molecule has 2 aromatic rings. The summed E-state index contributed by atoms with van der Waals surface area (Å²) in [4.78, 5) is 12.0. The molecule has 7 heteroatoms. The summed E-state index contributed by atoms with van der Waals surface area (Å²) in [5, 5.41) is 7.48. The minimum atomic E-state index is -0.934. The second kappa shape index (κ2) is 6.54. The molecule has 0 saturated carbocycles. The number of hydrogen-bond donors (Lipinski definition) is 1. The second-order valence-corrected chi connectivity index (χ2v) is 6.87. The van der Waals surface area contributed by atoms with Crippen molar-refractivity contribution in [3.63, 3.8) is 0 Å². The Labute approximate surface area is 137 Å². The zero-order valence-corrected chi connectivity index (χ0v) is 14.0. The molecule has 2 heterocycles. The van der Waals surface area contributed by atoms with Crippen molar-refractivity contribution in [3.05, 3.63) is 35.5 Å². The third kappa shape index (κ3) is 3.14. The van der Waals surface area contributed by atoms with Crippen LogP contribution in [0.1, 0.15) is 31.0 Å². The van der Waals surface area contributed by atoms with Gasteiger partial charge in [0.2, 0.25) is 5.91 Å². The Balaban J connectivity index is 2.00. The van der Waals surface area contributed by atoms with Gasteiger partial charge in [0, 0.05) is 22.8 Å². The number of rotatable bonds is 5. The molecule has 0 radical (unpaired) electrons. The van der Waals surface area contributed by atoms with Gasteiger partial charge in [-0.25, -0.2) is 4.68 Å². The standard InChI is InChI=1S/C16H19N3O3S/c1-3-4-15(20)17-16-13-9-23(21)10-14(13)18-19(16)11-5-7-12(22-2)8-6-11/h5-8H,3-4,9-10H2,1-2H3,(H,17,20)/t23-/m0/s1. The maximum Gasteiger partial charge on any atom is 0.225 e. The largest absolute Gasteiger partial charge is 0.497 e. The third-order valence-corrected chi connectivity index (χ3v) is 4.93. The van der Waals surface area contributed by atoms with Gasteiger partial charge in [0.05, 0.1) is 30.0 Å². The lowest BCUT2D eigenvalue weighted by atomic mass is 10.2. The summed E-state index contributed by atoms with van der Waals surface area (Å²) in [5.74, 6) is 2.21. The Hall–Kier alpha value is -2.15. The summed E-state index contributed by atoms with van der Waals surface area (Å²) in [7, 11) is 0.680. The number of nitrogens with zero attached hydrogens (tertiary/aromatic N) is 2. The smallest absolute Gasteiger partial charge is 0.225 e. The van der Waals surface area contributed by atoms with Crippen LogP contribution >= 0.6 is 0 Å². The van der Waals surface area contributed by atoms with E-state index in [0.29, 0.717) is 23.7 Å². The number of hydrogen-bond acceptors (Lipinski definition) is 4. The number of benzene rings is 1. The maximum atomic E-state index is 12.0. The van der Waals surface area contributed by atoms with Gasteiger partial charge >= 0.3 is 0 Å². The monoisotopic (exact) mass is 333 g/mol. The topological polar surface area (TPSA) is 73.2 Å². The highest BCUT2D eigenvalue weighted by molar-refractivity contribution is 7.83. The first-order chi connectivity index (χ1) is 11.1. The minimum absolute atomic E-state index is 0.0531. The summed E-state index contributed by atoms with van der Waals surface area (Å²) in [6.07, 6.45) is 1.22. The SMILES string of the molecule is CCCC(=O)Nc1c2c(nn1-c1ccc(OC)cc1)C[S@@](=O)C2. The summed E-state index contributed by atoms with van der Waals surface area (Å²) in [6.45, 7) is 1.96. The molecule has 1 aliphatic rings. The highest BCUT2D eigenvalue weighted by Crippen LogP contribution is 2.31. The molecule has 23 heavy (non-hydrogen) atoms. The van der Waals surface area contributed by atoms with E-state index in [1.165, 1.54) is 0 Å². The van der Waals surface area contributed by atoms with Crippen LogP contribution in [0.25, 0.3) is 5.69 Å². The number of carbonyl (C=O) groups excluding carboxylic acids is 1. The molecule has 3 rings (SSSR count). The Morgan fingerprint density at radius 1 is 1.35 bits per heavy atom. The number of aromatic nitrogens is 2. The number of fused-ring (bicyclic) bond motifs is 1. The molecule has 1 atom stereocenters. The lowest BCUT2D eigenvalue weighted by Crippen LogP contribution is -2.15. The zero-order chi connectivity index (χ0) is 16.4. The van der Waals surface area contributed by atoms with Crippen molar-refractivity contribution < 1.29 is 13.7 Å². The summed E-state index contributed by atoms with van der Waals surface area (Å²) in [5.41, 5.74) is 2.51. The number of amides is 1. The molecular formula is C16H19N3O3S. The number of methoxy groups -OCH3 is 1. The van der Waals surface area contributed by atoms with Crippen LogP contribution in [0.15, 0.2) is 24.3 Å². The van der Waals surface area contributed by atoms with Gasteiger partial charge in [-0.2, -0.15) is 5.10 Å². The molecule has 0 saturated heterocycles. The first kappa shape index (κ1) is 15.7. The van der Waals surface area contributed by atoms with E-state index in [1.54, 1.807) is 11.8 Å². The first-order valence-corrected chi connectivity index (χ1v) is 9.01. The Morgan fingerprint density at radius 2 is 2.09 bits per heavy atom. The fraction of sp³-hybridized carbons (Fsp3) is 0.375. The van der Waals surface area contributed by atoms with Crippen LogP contribution in [0.4, 0.5) is 5.82 Å². The van der Waals surface area contributed by atoms with Crippen LogP contribution in [-0.4, -0.2) is 27.0 Å². The van der Waals surface area contributed by atoms with E-state index < -0.39 is 10.8 Å². The fourth-order valence-electron chi connectivity index (χ4n) is 2.59. The molecule has 1 aliphatic heterocycles. The maximum absolute atomic E-state index is 12.0. The van der Waals surface area contributed by atoms with Crippen molar-refractivity contribution >= 4 is 22.5 Å². The van der Waals surface area contributed by atoms with Gasteiger partial charge in [-0.05, 0) is 30.7 Å². The van der Waals surface area contributed by atoms with E-state index >= 15 is 0 Å². The average Bonchev–Trinajstić information content (AvgIpc) is 3.05. The molecule has 0 aliphatic carbocycles. The van der Waals surface area contributed by atoms with Crippen LogP contribution in [0, 0.1) is 0 Å². The fourth-order valence-corrected chi connectivity index (χ4v) is 3.85. The number of anilines is 1. The number of carbonyl (C=O) groups is 1. The minimum Gasteiger partial charge on any atom is -0.497 e. The summed E-state index contributed by atoms with van der Waals surface area (Å²) in [6, 6.07) is 7.46. The van der Waals surface area contributed by atoms with Crippen molar-refractivity contribution in [3.8, 4) is 11.4 Å². The van der Waals surface area contributed by atoms with Crippen LogP contribution in [0.5, 0.6) is 5.75 Å². The molecule has 1 amide bonds. The summed E-state index contributed by atoms with van der Waals surface area (Å²) < 4.78 is 18.7.